The van der Waals surface area contributed by atoms with Gasteiger partial charge in [-0.3, -0.25) is 14.8 Å². The van der Waals surface area contributed by atoms with Crippen LogP contribution in [0.25, 0.3) is 11.1 Å². The van der Waals surface area contributed by atoms with Crippen LogP contribution in [0.4, 0.5) is 11.4 Å². The van der Waals surface area contributed by atoms with Gasteiger partial charge in [-0.1, -0.05) is 36.7 Å². The molecule has 1 atom stereocenters. The fourth-order valence-corrected chi connectivity index (χ4v) is 4.18. The molecule has 0 saturated heterocycles. The number of amides is 1. The predicted molar refractivity (Wildman–Crippen MR) is 130 cm³/mol. The number of aromatic nitrogens is 1. The Bertz CT molecular complexity index is 1440. The lowest BCUT2D eigenvalue weighted by Gasteiger charge is -2.14. The summed E-state index contributed by atoms with van der Waals surface area (Å²) in [6.07, 6.45) is 0. The van der Waals surface area contributed by atoms with Gasteiger partial charge in [0.25, 0.3) is 0 Å². The third-order valence-electron chi connectivity index (χ3n) is 5.60. The number of halogens is 1. The van der Waals surface area contributed by atoms with Crippen molar-refractivity contribution in [2.24, 2.45) is 4.99 Å². The third kappa shape index (κ3) is 4.20. The van der Waals surface area contributed by atoms with E-state index in [1.165, 1.54) is 0 Å². The van der Waals surface area contributed by atoms with E-state index in [2.05, 4.69) is 22.5 Å². The second kappa shape index (κ2) is 8.69. The van der Waals surface area contributed by atoms with Crippen molar-refractivity contribution < 1.29 is 9.21 Å². The number of aliphatic imine (C=N–C) groups is 1. The first-order valence-electron chi connectivity index (χ1n) is 10.6. The number of nitrogens with one attached hydrogen (secondary N) is 3. The first kappa shape index (κ1) is 21.2. The summed E-state index contributed by atoms with van der Waals surface area (Å²) in [7, 11) is 0. The normalized spacial score (nSPS) is 15.6. The number of hydrogen-bond donors (Lipinski definition) is 3. The molecule has 3 N–H and O–H groups in total. The Morgan fingerprint density at radius 2 is 1.91 bits per heavy atom. The molecule has 0 radical (unpaired) electrons. The summed E-state index contributed by atoms with van der Waals surface area (Å²) in [5.41, 5.74) is 5.60. The Kier molecular flexibility index (Phi) is 5.58. The lowest BCUT2D eigenvalue weighted by atomic mass is 9.90. The van der Waals surface area contributed by atoms with Crippen molar-refractivity contribution in [3.63, 3.8) is 0 Å². The van der Waals surface area contributed by atoms with Crippen molar-refractivity contribution in [3.05, 3.63) is 92.9 Å². The fraction of sp³-hybridized carbons (Fsp3) is 0.160. The highest BCUT2D eigenvalue weighted by Gasteiger charge is 2.35. The molecule has 1 aliphatic rings. The minimum Gasteiger partial charge on any atom is -0.408 e. The number of oxazole rings is 1. The van der Waals surface area contributed by atoms with E-state index in [1.807, 2.05) is 30.3 Å². The second-order valence-electron chi connectivity index (χ2n) is 7.82. The SMILES string of the molecule is CCNCc1ccc(N=C(c2ccc3oc(=O)[nH]c3c2)C2C(=O)Nc3cc(Cl)ccc32)cc1. The Hall–Kier alpha value is -3.68. The van der Waals surface area contributed by atoms with Gasteiger partial charge in [-0.2, -0.15) is 0 Å². The molecule has 0 bridgehead atoms. The highest BCUT2D eigenvalue weighted by atomic mass is 35.5. The van der Waals surface area contributed by atoms with E-state index in [0.717, 1.165) is 29.9 Å². The van der Waals surface area contributed by atoms with Gasteiger partial charge in [0.15, 0.2) is 5.58 Å². The van der Waals surface area contributed by atoms with Crippen molar-refractivity contribution >= 4 is 45.7 Å². The van der Waals surface area contributed by atoms with Crippen LogP contribution in [0, 0.1) is 0 Å². The van der Waals surface area contributed by atoms with Gasteiger partial charge in [-0.15, -0.1) is 0 Å². The van der Waals surface area contributed by atoms with Gasteiger partial charge in [0.1, 0.15) is 5.92 Å². The van der Waals surface area contributed by atoms with Crippen molar-refractivity contribution in [2.45, 2.75) is 19.4 Å². The quantitative estimate of drug-likeness (QED) is 0.362. The molecule has 2 heterocycles. The first-order chi connectivity index (χ1) is 16.0. The van der Waals surface area contributed by atoms with Gasteiger partial charge >= 0.3 is 5.76 Å². The number of aromatic amines is 1. The van der Waals surface area contributed by atoms with Crippen LogP contribution in [0.1, 0.15) is 29.5 Å². The molecule has 0 aliphatic carbocycles. The van der Waals surface area contributed by atoms with Gasteiger partial charge < -0.3 is 15.1 Å². The number of hydrogen-bond acceptors (Lipinski definition) is 5. The van der Waals surface area contributed by atoms with Crippen molar-refractivity contribution in [1.82, 2.24) is 10.3 Å². The summed E-state index contributed by atoms with van der Waals surface area (Å²) < 4.78 is 5.13. The molecule has 4 aromatic rings. The molecule has 0 spiro atoms. The number of benzene rings is 3. The maximum absolute atomic E-state index is 13.1. The zero-order chi connectivity index (χ0) is 22.9. The maximum Gasteiger partial charge on any atom is 0.417 e. The predicted octanol–water partition coefficient (Wildman–Crippen LogP) is 4.74. The monoisotopic (exact) mass is 460 g/mol. The number of fused-ring (bicyclic) bond motifs is 2. The zero-order valence-electron chi connectivity index (χ0n) is 17.8. The molecule has 0 fully saturated rings. The number of carbonyl (C=O) groups excluding carboxylic acids is 1. The van der Waals surface area contributed by atoms with Crippen LogP contribution in [0.2, 0.25) is 5.02 Å². The highest BCUT2D eigenvalue weighted by molar-refractivity contribution is 6.31. The average molecular weight is 461 g/mol. The van der Waals surface area contributed by atoms with Crippen LogP contribution >= 0.6 is 11.6 Å². The molecular weight excluding hydrogens is 440 g/mol. The maximum atomic E-state index is 13.1. The summed E-state index contributed by atoms with van der Waals surface area (Å²) >= 11 is 6.13. The van der Waals surface area contributed by atoms with Crippen LogP contribution in [0.3, 0.4) is 0 Å². The van der Waals surface area contributed by atoms with Gasteiger partial charge in [-0.05, 0) is 65.7 Å². The van der Waals surface area contributed by atoms with Crippen LogP contribution in [-0.2, 0) is 11.3 Å². The first-order valence-corrected chi connectivity index (χ1v) is 11.0. The van der Waals surface area contributed by atoms with Crippen molar-refractivity contribution in [1.29, 1.82) is 0 Å². The molecule has 1 aliphatic heterocycles. The minimum atomic E-state index is -0.630. The molecule has 0 saturated carbocycles. The number of rotatable bonds is 6. The Morgan fingerprint density at radius 1 is 1.09 bits per heavy atom. The molecular formula is C25H21ClN4O3. The Labute approximate surface area is 194 Å². The standard InChI is InChI=1S/C25H21ClN4O3/c1-2-27-13-14-3-7-17(8-4-14)28-23(15-5-10-21-20(11-15)30-25(32)33-21)22-18-9-6-16(26)12-19(18)29-24(22)31/h3-12,22,27H,2,13H2,1H3,(H,29,31)(H,30,32). The van der Waals surface area contributed by atoms with Gasteiger partial charge in [0, 0.05) is 17.3 Å². The van der Waals surface area contributed by atoms with Crippen LogP contribution in [-0.4, -0.2) is 23.1 Å². The fourth-order valence-electron chi connectivity index (χ4n) is 4.01. The van der Waals surface area contributed by atoms with E-state index >= 15 is 0 Å². The minimum absolute atomic E-state index is 0.185. The summed E-state index contributed by atoms with van der Waals surface area (Å²) in [6, 6.07) is 18.5. The molecule has 33 heavy (non-hydrogen) atoms. The molecule has 7 nitrogen and oxygen atoms in total. The molecule has 1 amide bonds. The average Bonchev–Trinajstić information content (AvgIpc) is 3.33. The van der Waals surface area contributed by atoms with Gasteiger partial charge in [0.05, 0.1) is 16.9 Å². The van der Waals surface area contributed by atoms with E-state index in [9.17, 15) is 9.59 Å². The van der Waals surface area contributed by atoms with Gasteiger partial charge in [-0.25, -0.2) is 4.79 Å². The summed E-state index contributed by atoms with van der Waals surface area (Å²) in [4.78, 5) is 32.3. The third-order valence-corrected chi connectivity index (χ3v) is 5.83. The molecule has 8 heteroatoms. The zero-order valence-corrected chi connectivity index (χ0v) is 18.6. The van der Waals surface area contributed by atoms with Gasteiger partial charge in [0.2, 0.25) is 5.91 Å². The lowest BCUT2D eigenvalue weighted by molar-refractivity contribution is -0.115. The lowest BCUT2D eigenvalue weighted by Crippen LogP contribution is -2.22. The summed E-state index contributed by atoms with van der Waals surface area (Å²) in [5, 5.41) is 6.75. The smallest absolute Gasteiger partial charge is 0.408 e. The van der Waals surface area contributed by atoms with E-state index in [0.29, 0.717) is 33.1 Å². The number of H-pyrrole nitrogens is 1. The molecule has 5 rings (SSSR count). The highest BCUT2D eigenvalue weighted by Crippen LogP contribution is 2.38. The van der Waals surface area contributed by atoms with E-state index < -0.39 is 11.7 Å². The van der Waals surface area contributed by atoms with Crippen LogP contribution in [0.5, 0.6) is 0 Å². The topological polar surface area (TPSA) is 99.5 Å². The number of carbonyl (C=O) groups is 1. The number of nitrogens with zero attached hydrogens (tertiary/aromatic N) is 1. The number of anilines is 1. The van der Waals surface area contributed by atoms with Crippen molar-refractivity contribution in [3.8, 4) is 0 Å². The van der Waals surface area contributed by atoms with E-state index in [1.54, 1.807) is 30.3 Å². The summed E-state index contributed by atoms with van der Waals surface area (Å²) in [6.45, 7) is 3.73. The van der Waals surface area contributed by atoms with Crippen LogP contribution in [0.15, 0.2) is 74.9 Å². The van der Waals surface area contributed by atoms with E-state index in [-0.39, 0.29) is 5.91 Å². The Morgan fingerprint density at radius 3 is 2.70 bits per heavy atom. The van der Waals surface area contributed by atoms with Crippen LogP contribution < -0.4 is 16.4 Å². The summed E-state index contributed by atoms with van der Waals surface area (Å²) in [5.74, 6) is -1.35. The molecule has 3 aromatic carbocycles. The second-order valence-corrected chi connectivity index (χ2v) is 8.26. The molecule has 166 valence electrons. The Balaban J connectivity index is 1.63. The van der Waals surface area contributed by atoms with Crippen molar-refractivity contribution in [2.75, 3.05) is 11.9 Å². The molecule has 1 unspecified atom stereocenters. The molecule has 1 aromatic heterocycles. The largest absolute Gasteiger partial charge is 0.417 e. The van der Waals surface area contributed by atoms with E-state index in [4.69, 9.17) is 21.0 Å².